The first-order chi connectivity index (χ1) is 9.65. The van der Waals surface area contributed by atoms with Crippen molar-refractivity contribution in [1.29, 1.82) is 0 Å². The van der Waals surface area contributed by atoms with E-state index in [1.807, 2.05) is 12.1 Å². The number of halogens is 2. The molecule has 2 aliphatic rings. The van der Waals surface area contributed by atoms with Gasteiger partial charge in [-0.25, -0.2) is 0 Å². The van der Waals surface area contributed by atoms with Crippen LogP contribution in [0, 0.1) is 11.8 Å². The number of rotatable bonds is 4. The van der Waals surface area contributed by atoms with Crippen molar-refractivity contribution in [3.8, 4) is 5.75 Å². The monoisotopic (exact) mass is 282 g/mol. The van der Waals surface area contributed by atoms with Crippen LogP contribution in [0.25, 0.3) is 0 Å². The minimum absolute atomic E-state index is 0.107. The first kappa shape index (κ1) is 13.8. The molecule has 0 bridgehead atoms. The number of alkyl halides is 2. The molecule has 0 saturated carbocycles. The number of ether oxygens (including phenoxy) is 1. The Balaban J connectivity index is 1.75. The molecule has 0 radical (unpaired) electrons. The number of likely N-dealkylation sites (tertiary alicyclic amines) is 1. The SMILES string of the molecule is CC(c1ccccc1OC(F)F)N1CC2CNCC2C1. The average molecular weight is 282 g/mol. The summed E-state index contributed by atoms with van der Waals surface area (Å²) in [6.07, 6.45) is 0. The van der Waals surface area contributed by atoms with Crippen molar-refractivity contribution in [3.05, 3.63) is 29.8 Å². The van der Waals surface area contributed by atoms with Gasteiger partial charge < -0.3 is 10.1 Å². The zero-order valence-electron chi connectivity index (χ0n) is 11.6. The molecule has 0 amide bonds. The third-order valence-electron chi connectivity index (χ3n) is 4.55. The number of nitrogens with zero attached hydrogens (tertiary/aromatic N) is 1. The van der Waals surface area contributed by atoms with Crippen molar-refractivity contribution in [2.24, 2.45) is 11.8 Å². The Morgan fingerprint density at radius 3 is 2.50 bits per heavy atom. The van der Waals surface area contributed by atoms with Crippen LogP contribution in [0.4, 0.5) is 8.78 Å². The Morgan fingerprint density at radius 2 is 1.85 bits per heavy atom. The van der Waals surface area contributed by atoms with Crippen LogP contribution in [0.1, 0.15) is 18.5 Å². The molecule has 3 unspecified atom stereocenters. The predicted octanol–water partition coefficient (Wildman–Crippen LogP) is 2.50. The molecule has 0 aliphatic carbocycles. The lowest BCUT2D eigenvalue weighted by atomic mass is 10.0. The number of nitrogens with one attached hydrogen (secondary N) is 1. The zero-order valence-corrected chi connectivity index (χ0v) is 11.6. The number of fused-ring (bicyclic) bond motifs is 1. The molecule has 2 aliphatic heterocycles. The lowest BCUT2D eigenvalue weighted by molar-refractivity contribution is -0.0510. The molecule has 2 heterocycles. The van der Waals surface area contributed by atoms with Gasteiger partial charge in [-0.2, -0.15) is 8.78 Å². The van der Waals surface area contributed by atoms with Gasteiger partial charge in [-0.3, -0.25) is 4.90 Å². The molecule has 1 N–H and O–H groups in total. The van der Waals surface area contributed by atoms with Crippen molar-refractivity contribution in [3.63, 3.8) is 0 Å². The van der Waals surface area contributed by atoms with Crippen LogP contribution < -0.4 is 10.1 Å². The first-order valence-electron chi connectivity index (χ1n) is 7.13. The molecular formula is C15H20F2N2O. The number of hydrogen-bond donors (Lipinski definition) is 1. The molecule has 1 aromatic carbocycles. The van der Waals surface area contributed by atoms with Gasteiger partial charge in [-0.1, -0.05) is 18.2 Å². The molecule has 3 nitrogen and oxygen atoms in total. The predicted molar refractivity (Wildman–Crippen MR) is 72.9 cm³/mol. The number of benzene rings is 1. The van der Waals surface area contributed by atoms with E-state index in [1.54, 1.807) is 12.1 Å². The van der Waals surface area contributed by atoms with Gasteiger partial charge >= 0.3 is 6.61 Å². The van der Waals surface area contributed by atoms with E-state index in [0.29, 0.717) is 17.6 Å². The smallest absolute Gasteiger partial charge is 0.387 e. The molecule has 1 aromatic rings. The van der Waals surface area contributed by atoms with E-state index in [0.717, 1.165) is 31.7 Å². The minimum atomic E-state index is -2.77. The maximum absolute atomic E-state index is 12.5. The van der Waals surface area contributed by atoms with Gasteiger partial charge in [0.1, 0.15) is 5.75 Å². The molecule has 0 spiro atoms. The Bertz CT molecular complexity index is 457. The molecule has 110 valence electrons. The topological polar surface area (TPSA) is 24.5 Å². The molecule has 20 heavy (non-hydrogen) atoms. The third-order valence-corrected chi connectivity index (χ3v) is 4.55. The van der Waals surface area contributed by atoms with Crippen LogP contribution in [0.5, 0.6) is 5.75 Å². The number of para-hydroxylation sites is 1. The summed E-state index contributed by atoms with van der Waals surface area (Å²) in [5, 5.41) is 3.41. The van der Waals surface area contributed by atoms with Gasteiger partial charge in [0.15, 0.2) is 0 Å². The fourth-order valence-electron chi connectivity index (χ4n) is 3.43. The maximum Gasteiger partial charge on any atom is 0.387 e. The van der Waals surface area contributed by atoms with E-state index in [9.17, 15) is 8.78 Å². The van der Waals surface area contributed by atoms with E-state index < -0.39 is 6.61 Å². The second-order valence-corrected chi connectivity index (χ2v) is 5.72. The third kappa shape index (κ3) is 2.65. The zero-order chi connectivity index (χ0) is 14.1. The Morgan fingerprint density at radius 1 is 1.20 bits per heavy atom. The van der Waals surface area contributed by atoms with Crippen molar-refractivity contribution in [2.45, 2.75) is 19.6 Å². The summed E-state index contributed by atoms with van der Waals surface area (Å²) in [6, 6.07) is 7.22. The highest BCUT2D eigenvalue weighted by Crippen LogP contribution is 2.36. The summed E-state index contributed by atoms with van der Waals surface area (Å²) in [7, 11) is 0. The second-order valence-electron chi connectivity index (χ2n) is 5.72. The summed E-state index contributed by atoms with van der Waals surface area (Å²) in [6.45, 7) is 3.50. The highest BCUT2D eigenvalue weighted by Gasteiger charge is 2.38. The van der Waals surface area contributed by atoms with E-state index in [4.69, 9.17) is 0 Å². The second kappa shape index (κ2) is 5.66. The largest absolute Gasteiger partial charge is 0.434 e. The van der Waals surface area contributed by atoms with Crippen molar-refractivity contribution >= 4 is 0 Å². The lowest BCUT2D eigenvalue weighted by Crippen LogP contribution is -2.28. The highest BCUT2D eigenvalue weighted by molar-refractivity contribution is 5.35. The fourth-order valence-corrected chi connectivity index (χ4v) is 3.43. The summed E-state index contributed by atoms with van der Waals surface area (Å²) in [4.78, 5) is 2.38. The Kier molecular flexibility index (Phi) is 3.89. The van der Waals surface area contributed by atoms with E-state index in [-0.39, 0.29) is 6.04 Å². The summed E-state index contributed by atoms with van der Waals surface area (Å²) >= 11 is 0. The van der Waals surface area contributed by atoms with Crippen LogP contribution >= 0.6 is 0 Å². The molecule has 3 rings (SSSR count). The summed E-state index contributed by atoms with van der Waals surface area (Å²) < 4.78 is 29.6. The van der Waals surface area contributed by atoms with Crippen LogP contribution in [-0.4, -0.2) is 37.7 Å². The first-order valence-corrected chi connectivity index (χ1v) is 7.13. The highest BCUT2D eigenvalue weighted by atomic mass is 19.3. The van der Waals surface area contributed by atoms with E-state index in [1.165, 1.54) is 0 Å². The summed E-state index contributed by atoms with van der Waals surface area (Å²) in [5.41, 5.74) is 0.848. The van der Waals surface area contributed by atoms with Crippen LogP contribution in [-0.2, 0) is 0 Å². The Labute approximate surface area is 117 Å². The van der Waals surface area contributed by atoms with Crippen LogP contribution in [0.3, 0.4) is 0 Å². The van der Waals surface area contributed by atoms with Gasteiger partial charge in [0.25, 0.3) is 0 Å². The van der Waals surface area contributed by atoms with Crippen LogP contribution in [0.15, 0.2) is 24.3 Å². The van der Waals surface area contributed by atoms with E-state index >= 15 is 0 Å². The Hall–Kier alpha value is -1.20. The van der Waals surface area contributed by atoms with Crippen molar-refractivity contribution < 1.29 is 13.5 Å². The van der Waals surface area contributed by atoms with Gasteiger partial charge in [0.05, 0.1) is 0 Å². The standard InChI is InChI=1S/C15H20F2N2O/c1-10(19-8-11-6-18-7-12(11)9-19)13-4-2-3-5-14(13)20-15(16)17/h2-5,10-12,15,18H,6-9H2,1H3. The number of hydrogen-bond acceptors (Lipinski definition) is 3. The molecule has 3 atom stereocenters. The molecule has 2 fully saturated rings. The van der Waals surface area contributed by atoms with Crippen LogP contribution in [0.2, 0.25) is 0 Å². The molecule has 0 aromatic heterocycles. The van der Waals surface area contributed by atoms with Gasteiger partial charge in [-0.15, -0.1) is 0 Å². The van der Waals surface area contributed by atoms with Crippen molar-refractivity contribution in [2.75, 3.05) is 26.2 Å². The maximum atomic E-state index is 12.5. The lowest BCUT2D eigenvalue weighted by Gasteiger charge is -2.27. The summed E-state index contributed by atoms with van der Waals surface area (Å²) in [5.74, 6) is 1.69. The molecule has 5 heteroatoms. The fraction of sp³-hybridized carbons (Fsp3) is 0.600. The molecule has 2 saturated heterocycles. The average Bonchev–Trinajstić information content (AvgIpc) is 2.98. The minimum Gasteiger partial charge on any atom is -0.434 e. The van der Waals surface area contributed by atoms with Crippen molar-refractivity contribution in [1.82, 2.24) is 10.2 Å². The van der Waals surface area contributed by atoms with Gasteiger partial charge in [0, 0.05) is 24.7 Å². The van der Waals surface area contributed by atoms with E-state index in [2.05, 4.69) is 21.9 Å². The normalized spacial score (nSPS) is 27.8. The quantitative estimate of drug-likeness (QED) is 0.918. The van der Waals surface area contributed by atoms with Gasteiger partial charge in [-0.05, 0) is 37.9 Å². The van der Waals surface area contributed by atoms with Gasteiger partial charge in [0.2, 0.25) is 0 Å². The molecular weight excluding hydrogens is 262 g/mol.